The molecule has 1 unspecified atom stereocenters. The molecule has 0 bridgehead atoms. The standard InChI is InChI=1S/C15H16BrClN2/c1-10-7-15(18-9-14(10)16)19(3)11(2)12-5-4-6-13(17)8-12/h4-9,11H,1-3H3. The van der Waals surface area contributed by atoms with E-state index in [0.29, 0.717) is 0 Å². The topological polar surface area (TPSA) is 16.1 Å². The maximum Gasteiger partial charge on any atom is 0.129 e. The molecule has 19 heavy (non-hydrogen) atoms. The SMILES string of the molecule is Cc1cc(N(C)C(C)c2cccc(Cl)c2)ncc1Br. The van der Waals surface area contributed by atoms with E-state index in [1.807, 2.05) is 31.4 Å². The van der Waals surface area contributed by atoms with Gasteiger partial charge in [-0.15, -0.1) is 0 Å². The quantitative estimate of drug-likeness (QED) is 0.782. The molecule has 100 valence electrons. The number of aromatic nitrogens is 1. The fraction of sp³-hybridized carbons (Fsp3) is 0.267. The molecule has 4 heteroatoms. The maximum atomic E-state index is 6.05. The third kappa shape index (κ3) is 3.28. The van der Waals surface area contributed by atoms with Crippen LogP contribution in [0.2, 0.25) is 5.02 Å². The Morgan fingerprint density at radius 2 is 2.05 bits per heavy atom. The second-order valence-electron chi connectivity index (χ2n) is 4.63. The highest BCUT2D eigenvalue weighted by Crippen LogP contribution is 2.27. The molecule has 1 aromatic heterocycles. The number of aryl methyl sites for hydroxylation is 1. The lowest BCUT2D eigenvalue weighted by atomic mass is 10.1. The number of anilines is 1. The molecule has 0 spiro atoms. The van der Waals surface area contributed by atoms with Gasteiger partial charge in [0.05, 0.1) is 6.04 Å². The Morgan fingerprint density at radius 1 is 1.32 bits per heavy atom. The third-order valence-electron chi connectivity index (χ3n) is 3.31. The number of benzene rings is 1. The fourth-order valence-corrected chi connectivity index (χ4v) is 2.32. The van der Waals surface area contributed by atoms with Crippen LogP contribution in [0.25, 0.3) is 0 Å². The van der Waals surface area contributed by atoms with E-state index in [9.17, 15) is 0 Å². The van der Waals surface area contributed by atoms with Crippen molar-refractivity contribution in [3.63, 3.8) is 0 Å². The van der Waals surface area contributed by atoms with E-state index in [2.05, 4.69) is 51.8 Å². The summed E-state index contributed by atoms with van der Waals surface area (Å²) in [6.07, 6.45) is 1.84. The summed E-state index contributed by atoms with van der Waals surface area (Å²) in [5.41, 5.74) is 2.35. The van der Waals surface area contributed by atoms with Crippen molar-refractivity contribution in [2.45, 2.75) is 19.9 Å². The van der Waals surface area contributed by atoms with E-state index in [-0.39, 0.29) is 6.04 Å². The fourth-order valence-electron chi connectivity index (χ4n) is 1.91. The van der Waals surface area contributed by atoms with Crippen molar-refractivity contribution in [2.75, 3.05) is 11.9 Å². The molecule has 0 aliphatic carbocycles. The molecule has 1 heterocycles. The van der Waals surface area contributed by atoms with E-state index >= 15 is 0 Å². The van der Waals surface area contributed by atoms with Gasteiger partial charge < -0.3 is 4.90 Å². The summed E-state index contributed by atoms with van der Waals surface area (Å²) in [5, 5.41) is 0.762. The Balaban J connectivity index is 2.27. The van der Waals surface area contributed by atoms with Crippen molar-refractivity contribution in [1.82, 2.24) is 4.98 Å². The van der Waals surface area contributed by atoms with Crippen LogP contribution in [0.5, 0.6) is 0 Å². The monoisotopic (exact) mass is 338 g/mol. The minimum atomic E-state index is 0.215. The first-order chi connectivity index (χ1) is 8.99. The summed E-state index contributed by atoms with van der Waals surface area (Å²) in [4.78, 5) is 6.60. The number of hydrogen-bond acceptors (Lipinski definition) is 2. The Labute approximate surface area is 127 Å². The van der Waals surface area contributed by atoms with Crippen LogP contribution < -0.4 is 4.90 Å². The molecule has 0 amide bonds. The van der Waals surface area contributed by atoms with Gasteiger partial charge in [-0.05, 0) is 59.1 Å². The molecule has 2 rings (SSSR count). The van der Waals surface area contributed by atoms with Gasteiger partial charge in [-0.1, -0.05) is 23.7 Å². The number of rotatable bonds is 3. The lowest BCUT2D eigenvalue weighted by molar-refractivity contribution is 0.728. The molecule has 2 nitrogen and oxygen atoms in total. The van der Waals surface area contributed by atoms with E-state index in [1.54, 1.807) is 0 Å². The first-order valence-corrected chi connectivity index (χ1v) is 7.26. The van der Waals surface area contributed by atoms with Gasteiger partial charge in [0.1, 0.15) is 5.82 Å². The van der Waals surface area contributed by atoms with Gasteiger partial charge in [0, 0.05) is 22.7 Å². The second kappa shape index (κ2) is 5.93. The zero-order chi connectivity index (χ0) is 14.0. The first-order valence-electron chi connectivity index (χ1n) is 6.09. The van der Waals surface area contributed by atoms with Crippen LogP contribution >= 0.6 is 27.5 Å². The minimum absolute atomic E-state index is 0.215. The zero-order valence-corrected chi connectivity index (χ0v) is 13.5. The summed E-state index contributed by atoms with van der Waals surface area (Å²) in [7, 11) is 2.04. The molecule has 0 saturated carbocycles. The molecule has 0 fully saturated rings. The van der Waals surface area contributed by atoms with Crippen LogP contribution in [-0.2, 0) is 0 Å². The van der Waals surface area contributed by atoms with Crippen LogP contribution in [0, 0.1) is 6.92 Å². The Hall–Kier alpha value is -1.06. The van der Waals surface area contributed by atoms with Crippen LogP contribution in [0.15, 0.2) is 41.0 Å². The van der Waals surface area contributed by atoms with Crippen LogP contribution in [0.1, 0.15) is 24.1 Å². The molecular formula is C15H16BrClN2. The van der Waals surface area contributed by atoms with Crippen molar-refractivity contribution in [2.24, 2.45) is 0 Å². The van der Waals surface area contributed by atoms with Crippen LogP contribution in [-0.4, -0.2) is 12.0 Å². The van der Waals surface area contributed by atoms with Gasteiger partial charge in [-0.3, -0.25) is 0 Å². The second-order valence-corrected chi connectivity index (χ2v) is 5.92. The van der Waals surface area contributed by atoms with Crippen molar-refractivity contribution < 1.29 is 0 Å². The predicted molar refractivity (Wildman–Crippen MR) is 84.9 cm³/mol. The molecule has 0 saturated heterocycles. The van der Waals surface area contributed by atoms with Gasteiger partial charge in [0.25, 0.3) is 0 Å². The zero-order valence-electron chi connectivity index (χ0n) is 11.2. The van der Waals surface area contributed by atoms with Crippen molar-refractivity contribution in [1.29, 1.82) is 0 Å². The molecule has 0 N–H and O–H groups in total. The van der Waals surface area contributed by atoms with Gasteiger partial charge in [0.15, 0.2) is 0 Å². The average Bonchev–Trinajstić information content (AvgIpc) is 2.40. The molecule has 0 aliphatic heterocycles. The Kier molecular flexibility index (Phi) is 4.48. The smallest absolute Gasteiger partial charge is 0.129 e. The summed E-state index contributed by atoms with van der Waals surface area (Å²) in [6.45, 7) is 4.21. The van der Waals surface area contributed by atoms with Crippen LogP contribution in [0.4, 0.5) is 5.82 Å². The minimum Gasteiger partial charge on any atom is -0.353 e. The van der Waals surface area contributed by atoms with E-state index < -0.39 is 0 Å². The number of halogens is 2. The summed E-state index contributed by atoms with van der Waals surface area (Å²) in [5.74, 6) is 0.952. The number of nitrogens with zero attached hydrogens (tertiary/aromatic N) is 2. The van der Waals surface area contributed by atoms with Gasteiger partial charge in [0.2, 0.25) is 0 Å². The van der Waals surface area contributed by atoms with E-state index in [0.717, 1.165) is 15.3 Å². The molecular weight excluding hydrogens is 324 g/mol. The summed E-state index contributed by atoms with van der Waals surface area (Å²) in [6, 6.07) is 10.2. The molecule has 1 atom stereocenters. The molecule has 2 aromatic rings. The average molecular weight is 340 g/mol. The van der Waals surface area contributed by atoms with Gasteiger partial charge in [-0.2, -0.15) is 0 Å². The lowest BCUT2D eigenvalue weighted by Gasteiger charge is -2.26. The van der Waals surface area contributed by atoms with Crippen LogP contribution in [0.3, 0.4) is 0 Å². The number of pyridine rings is 1. The van der Waals surface area contributed by atoms with Crippen molar-refractivity contribution >= 4 is 33.3 Å². The summed E-state index contributed by atoms with van der Waals surface area (Å²) >= 11 is 9.52. The molecule has 1 aromatic carbocycles. The highest BCUT2D eigenvalue weighted by molar-refractivity contribution is 9.10. The van der Waals surface area contributed by atoms with Crippen molar-refractivity contribution in [3.05, 3.63) is 57.2 Å². The lowest BCUT2D eigenvalue weighted by Crippen LogP contribution is -2.22. The van der Waals surface area contributed by atoms with Gasteiger partial charge >= 0.3 is 0 Å². The predicted octanol–water partition coefficient (Wildman–Crippen LogP) is 5.00. The number of hydrogen-bond donors (Lipinski definition) is 0. The normalized spacial score (nSPS) is 12.3. The maximum absolute atomic E-state index is 6.05. The van der Waals surface area contributed by atoms with E-state index in [1.165, 1.54) is 11.1 Å². The Morgan fingerprint density at radius 3 is 2.68 bits per heavy atom. The first kappa shape index (κ1) is 14.4. The largest absolute Gasteiger partial charge is 0.353 e. The van der Waals surface area contributed by atoms with E-state index in [4.69, 9.17) is 11.6 Å². The van der Waals surface area contributed by atoms with Crippen molar-refractivity contribution in [3.8, 4) is 0 Å². The third-order valence-corrected chi connectivity index (χ3v) is 4.37. The summed E-state index contributed by atoms with van der Waals surface area (Å²) < 4.78 is 1.03. The highest BCUT2D eigenvalue weighted by atomic mass is 79.9. The highest BCUT2D eigenvalue weighted by Gasteiger charge is 2.14. The molecule has 0 radical (unpaired) electrons. The Bertz CT molecular complexity index is 586. The molecule has 0 aliphatic rings. The van der Waals surface area contributed by atoms with Gasteiger partial charge in [-0.25, -0.2) is 4.98 Å².